The van der Waals surface area contributed by atoms with Crippen LogP contribution in [0.5, 0.6) is 0 Å². The lowest BCUT2D eigenvalue weighted by atomic mass is 9.92. The van der Waals surface area contributed by atoms with Crippen molar-refractivity contribution in [2.75, 3.05) is 0 Å². The average molecular weight is 421 g/mol. The van der Waals surface area contributed by atoms with E-state index in [0.29, 0.717) is 12.1 Å². The van der Waals surface area contributed by atoms with Crippen LogP contribution >= 0.6 is 11.6 Å². The largest absolute Gasteiger partial charge is 0.265 e. The van der Waals surface area contributed by atoms with Gasteiger partial charge in [0.25, 0.3) is 0 Å². The molecule has 2 aromatic rings. The topological polar surface area (TPSA) is 15.4 Å². The first-order valence-corrected chi connectivity index (χ1v) is 12.4. The molecular formula is C27H33ClN2. The molecule has 3 heteroatoms. The molecule has 30 heavy (non-hydrogen) atoms. The summed E-state index contributed by atoms with van der Waals surface area (Å²) in [5.74, 6) is 0. The van der Waals surface area contributed by atoms with E-state index in [1.165, 1.54) is 87.5 Å². The van der Waals surface area contributed by atoms with Crippen molar-refractivity contribution in [1.29, 1.82) is 0 Å². The summed E-state index contributed by atoms with van der Waals surface area (Å²) in [4.78, 5) is 8.26. The van der Waals surface area contributed by atoms with E-state index < -0.39 is 0 Å². The van der Waals surface area contributed by atoms with E-state index in [9.17, 15) is 0 Å². The molecule has 0 bridgehead atoms. The quantitative estimate of drug-likeness (QED) is 0.457. The van der Waals surface area contributed by atoms with Crippen molar-refractivity contribution >= 4 is 17.3 Å². The minimum Gasteiger partial charge on any atom is -0.265 e. The van der Waals surface area contributed by atoms with Gasteiger partial charge in [-0.25, -0.2) is 0 Å². The second kappa shape index (κ2) is 8.85. The van der Waals surface area contributed by atoms with Gasteiger partial charge in [0, 0.05) is 5.02 Å². The summed E-state index contributed by atoms with van der Waals surface area (Å²) >= 11 is 6.18. The second-order valence-corrected chi connectivity index (χ2v) is 9.81. The predicted octanol–water partition coefficient (Wildman–Crippen LogP) is 7.57. The molecule has 0 radical (unpaired) electrons. The van der Waals surface area contributed by atoms with Crippen LogP contribution in [0.4, 0.5) is 0 Å². The molecule has 158 valence electrons. The van der Waals surface area contributed by atoms with Crippen LogP contribution in [0.2, 0.25) is 5.02 Å². The Morgan fingerprint density at radius 2 is 1.27 bits per heavy atom. The minimum atomic E-state index is -0.0145. The van der Waals surface area contributed by atoms with Gasteiger partial charge in [0.15, 0.2) is 0 Å². The predicted molar refractivity (Wildman–Crippen MR) is 126 cm³/mol. The molecule has 1 saturated carbocycles. The van der Waals surface area contributed by atoms with Crippen LogP contribution in [-0.2, 0) is 0 Å². The number of nitrogens with zero attached hydrogens (tertiary/aromatic N) is 2. The number of rotatable bonds is 2. The Morgan fingerprint density at radius 3 is 1.87 bits per heavy atom. The molecule has 2 heterocycles. The van der Waals surface area contributed by atoms with Crippen LogP contribution in [0.1, 0.15) is 87.8 Å². The summed E-state index contributed by atoms with van der Waals surface area (Å²) < 4.78 is 0. The molecule has 1 saturated heterocycles. The highest BCUT2D eigenvalue weighted by Gasteiger charge is 2.64. The summed E-state index contributed by atoms with van der Waals surface area (Å²) in [7, 11) is 0. The molecule has 1 unspecified atom stereocenters. The van der Waals surface area contributed by atoms with Gasteiger partial charge < -0.3 is 0 Å². The Morgan fingerprint density at radius 1 is 0.700 bits per heavy atom. The fraction of sp³-hybridized carbons (Fsp3) is 0.519. The van der Waals surface area contributed by atoms with Crippen LogP contribution in [0, 0.1) is 0 Å². The molecule has 2 nitrogen and oxygen atoms in total. The van der Waals surface area contributed by atoms with E-state index in [-0.39, 0.29) is 5.66 Å². The maximum atomic E-state index is 6.18. The van der Waals surface area contributed by atoms with Crippen LogP contribution < -0.4 is 0 Å². The molecule has 0 aromatic heterocycles. The molecular weight excluding hydrogens is 388 g/mol. The Labute approximate surface area is 186 Å². The van der Waals surface area contributed by atoms with E-state index in [0.717, 1.165) is 5.02 Å². The monoisotopic (exact) mass is 420 g/mol. The van der Waals surface area contributed by atoms with E-state index in [1.54, 1.807) is 0 Å². The van der Waals surface area contributed by atoms with Crippen molar-refractivity contribution in [2.45, 2.75) is 88.4 Å². The molecule has 3 aliphatic rings. The summed E-state index contributed by atoms with van der Waals surface area (Å²) in [6.07, 6.45) is 14.7. The third kappa shape index (κ3) is 3.97. The Balaban J connectivity index is 1.48. The minimum absolute atomic E-state index is 0.0145. The standard InChI is InChI=1S/C27H33ClN2/c28-23-17-15-21(16-18-23)24-26-25(22-13-9-8-10-14-22)30(26)27(29-24)19-11-6-4-2-1-3-5-7-12-20-27/h8-10,13-18,25-26H,1-7,11-12,19-20H2/t25-,26+,30?/m0/s1. The number of hydrogen-bond acceptors (Lipinski definition) is 2. The van der Waals surface area contributed by atoms with Gasteiger partial charge in [-0.1, -0.05) is 99.0 Å². The van der Waals surface area contributed by atoms with Gasteiger partial charge in [0.1, 0.15) is 5.66 Å². The van der Waals surface area contributed by atoms with E-state index >= 15 is 0 Å². The van der Waals surface area contributed by atoms with Crippen molar-refractivity contribution in [3.05, 3.63) is 70.7 Å². The first-order valence-electron chi connectivity index (χ1n) is 12.0. The van der Waals surface area contributed by atoms with Crippen LogP contribution in [0.3, 0.4) is 0 Å². The number of hydrogen-bond donors (Lipinski definition) is 0. The van der Waals surface area contributed by atoms with Gasteiger partial charge in [0.2, 0.25) is 0 Å². The molecule has 1 spiro atoms. The highest BCUT2D eigenvalue weighted by molar-refractivity contribution is 6.30. The lowest BCUT2D eigenvalue weighted by Gasteiger charge is -2.31. The normalized spacial score (nSPS) is 28.8. The molecule has 5 rings (SSSR count). The van der Waals surface area contributed by atoms with Gasteiger partial charge >= 0.3 is 0 Å². The molecule has 2 aliphatic heterocycles. The maximum absolute atomic E-state index is 6.18. The number of benzene rings is 2. The third-order valence-corrected chi connectivity index (χ3v) is 7.59. The molecule has 3 atom stereocenters. The van der Waals surface area contributed by atoms with Gasteiger partial charge in [0.05, 0.1) is 17.8 Å². The Kier molecular flexibility index (Phi) is 5.98. The third-order valence-electron chi connectivity index (χ3n) is 7.33. The number of fused-ring (bicyclic) bond motifs is 2. The van der Waals surface area contributed by atoms with Crippen LogP contribution in [0.25, 0.3) is 0 Å². The zero-order valence-electron chi connectivity index (χ0n) is 17.9. The molecule has 1 aliphatic carbocycles. The van der Waals surface area contributed by atoms with E-state index in [1.807, 2.05) is 12.1 Å². The van der Waals surface area contributed by atoms with Crippen molar-refractivity contribution in [1.82, 2.24) is 4.90 Å². The van der Waals surface area contributed by atoms with Crippen molar-refractivity contribution in [3.63, 3.8) is 0 Å². The Hall–Kier alpha value is -1.64. The van der Waals surface area contributed by atoms with Gasteiger partial charge in [-0.15, -0.1) is 0 Å². The van der Waals surface area contributed by atoms with E-state index in [2.05, 4.69) is 47.4 Å². The summed E-state index contributed by atoms with van der Waals surface area (Å²) in [5, 5.41) is 0.797. The van der Waals surface area contributed by atoms with Gasteiger partial charge in [-0.3, -0.25) is 9.89 Å². The van der Waals surface area contributed by atoms with Crippen LogP contribution in [0.15, 0.2) is 59.6 Å². The second-order valence-electron chi connectivity index (χ2n) is 9.38. The fourth-order valence-electron chi connectivity index (χ4n) is 5.78. The summed E-state index contributed by atoms with van der Waals surface area (Å²) in [6, 6.07) is 20.3. The zero-order valence-corrected chi connectivity index (χ0v) is 18.7. The van der Waals surface area contributed by atoms with Crippen molar-refractivity contribution < 1.29 is 0 Å². The SMILES string of the molecule is Clc1ccc(C2=NC3(CCCCCCCCCCC3)N3[C@H]2[C@@H]3c2ccccc2)cc1. The molecule has 0 amide bonds. The number of halogens is 1. The van der Waals surface area contributed by atoms with Gasteiger partial charge in [-0.05, 0) is 48.9 Å². The van der Waals surface area contributed by atoms with Crippen molar-refractivity contribution in [2.24, 2.45) is 4.99 Å². The lowest BCUT2D eigenvalue weighted by Crippen LogP contribution is -2.34. The van der Waals surface area contributed by atoms with Crippen molar-refractivity contribution in [3.8, 4) is 0 Å². The van der Waals surface area contributed by atoms with Crippen LogP contribution in [-0.4, -0.2) is 22.3 Å². The summed E-state index contributed by atoms with van der Waals surface area (Å²) in [6.45, 7) is 0. The molecule has 0 N–H and O–H groups in total. The maximum Gasteiger partial charge on any atom is 0.114 e. The summed E-state index contributed by atoms with van der Waals surface area (Å²) in [5.41, 5.74) is 3.96. The first kappa shape index (κ1) is 20.3. The van der Waals surface area contributed by atoms with Gasteiger partial charge in [-0.2, -0.15) is 0 Å². The highest BCUT2D eigenvalue weighted by Crippen LogP contribution is 2.58. The molecule has 2 fully saturated rings. The zero-order chi connectivity index (χ0) is 20.4. The average Bonchev–Trinajstić information content (AvgIpc) is 3.43. The Bertz CT molecular complexity index is 861. The smallest absolute Gasteiger partial charge is 0.114 e. The number of aliphatic imine (C=N–C) groups is 1. The van der Waals surface area contributed by atoms with E-state index in [4.69, 9.17) is 16.6 Å². The fourth-order valence-corrected chi connectivity index (χ4v) is 5.90. The molecule has 2 aromatic carbocycles. The lowest BCUT2D eigenvalue weighted by molar-refractivity contribution is 0.182. The highest BCUT2D eigenvalue weighted by atomic mass is 35.5. The first-order chi connectivity index (χ1) is 14.8.